The van der Waals surface area contributed by atoms with Crippen LogP contribution >= 0.6 is 34.7 Å². The van der Waals surface area contributed by atoms with Crippen molar-refractivity contribution < 1.29 is 9.21 Å². The van der Waals surface area contributed by atoms with Crippen molar-refractivity contribution in [1.29, 1.82) is 0 Å². The molecular formula is C25H20ClN5O2S2. The summed E-state index contributed by atoms with van der Waals surface area (Å²) in [6, 6.07) is 21.2. The number of nitrogens with zero attached hydrogens (tertiary/aromatic N) is 4. The summed E-state index contributed by atoms with van der Waals surface area (Å²) in [5, 5.41) is 15.6. The lowest BCUT2D eigenvalue weighted by molar-refractivity contribution is 0.0949. The molecule has 0 spiro atoms. The van der Waals surface area contributed by atoms with E-state index in [9.17, 15) is 4.79 Å². The highest BCUT2D eigenvalue weighted by Gasteiger charge is 2.19. The molecule has 7 nitrogen and oxygen atoms in total. The van der Waals surface area contributed by atoms with Crippen molar-refractivity contribution in [3.05, 3.63) is 99.7 Å². The Morgan fingerprint density at radius 1 is 1.06 bits per heavy atom. The number of hydrogen-bond donors (Lipinski definition) is 1. The van der Waals surface area contributed by atoms with E-state index in [2.05, 4.69) is 20.5 Å². The quantitative estimate of drug-likeness (QED) is 0.243. The van der Waals surface area contributed by atoms with Crippen molar-refractivity contribution in [3.63, 3.8) is 0 Å². The van der Waals surface area contributed by atoms with Gasteiger partial charge in [0, 0.05) is 22.6 Å². The van der Waals surface area contributed by atoms with Crippen LogP contribution in [0.1, 0.15) is 21.1 Å². The summed E-state index contributed by atoms with van der Waals surface area (Å²) in [6.07, 6.45) is 2.38. The molecule has 0 bridgehead atoms. The van der Waals surface area contributed by atoms with Gasteiger partial charge in [-0.25, -0.2) is 4.98 Å². The number of thiazole rings is 1. The number of hydrogen-bond acceptors (Lipinski definition) is 7. The Balaban J connectivity index is 1.26. The number of benzene rings is 2. The molecule has 3 aromatic heterocycles. The molecule has 0 fully saturated rings. The highest BCUT2D eigenvalue weighted by atomic mass is 35.5. The molecule has 1 N–H and O–H groups in total. The Hall–Kier alpha value is -3.40. The van der Waals surface area contributed by atoms with E-state index < -0.39 is 0 Å². The molecule has 35 heavy (non-hydrogen) atoms. The van der Waals surface area contributed by atoms with Crippen LogP contribution in [-0.4, -0.2) is 32.2 Å². The topological polar surface area (TPSA) is 85.8 Å². The Kier molecular flexibility index (Phi) is 7.27. The van der Waals surface area contributed by atoms with Gasteiger partial charge >= 0.3 is 0 Å². The SMILES string of the molecule is O=C(NCCc1ccccc1)c1csc(CSc2nnc(-c3ccco3)n2-c2ccc(Cl)cc2)n1. The summed E-state index contributed by atoms with van der Waals surface area (Å²) in [5.41, 5.74) is 2.47. The van der Waals surface area contributed by atoms with Gasteiger partial charge < -0.3 is 9.73 Å². The average molecular weight is 522 g/mol. The second-order valence-corrected chi connectivity index (χ2v) is 9.82. The normalized spacial score (nSPS) is 11.0. The van der Waals surface area contributed by atoms with E-state index in [0.29, 0.717) is 39.8 Å². The third-order valence-electron chi connectivity index (χ3n) is 5.11. The molecular weight excluding hydrogens is 502 g/mol. The van der Waals surface area contributed by atoms with Gasteiger partial charge in [0.15, 0.2) is 10.9 Å². The molecule has 0 aliphatic carbocycles. The van der Waals surface area contributed by atoms with Crippen molar-refractivity contribution in [1.82, 2.24) is 25.1 Å². The van der Waals surface area contributed by atoms with Crippen molar-refractivity contribution in [3.8, 4) is 17.3 Å². The van der Waals surface area contributed by atoms with Gasteiger partial charge in [-0.3, -0.25) is 9.36 Å². The number of furan rings is 1. The average Bonchev–Trinajstić information content (AvgIpc) is 3.65. The van der Waals surface area contributed by atoms with E-state index in [1.54, 1.807) is 11.6 Å². The second kappa shape index (κ2) is 10.9. The molecule has 5 rings (SSSR count). The third-order valence-corrected chi connectivity index (χ3v) is 7.33. The lowest BCUT2D eigenvalue weighted by Gasteiger charge is -2.09. The largest absolute Gasteiger partial charge is 0.461 e. The maximum absolute atomic E-state index is 12.5. The minimum atomic E-state index is -0.169. The molecule has 5 aromatic rings. The first-order valence-electron chi connectivity index (χ1n) is 10.8. The molecule has 3 heterocycles. The maximum atomic E-state index is 12.5. The zero-order valence-electron chi connectivity index (χ0n) is 18.4. The summed E-state index contributed by atoms with van der Waals surface area (Å²) in [4.78, 5) is 17.0. The van der Waals surface area contributed by atoms with Crippen LogP contribution in [0.15, 0.2) is 87.9 Å². The Morgan fingerprint density at radius 3 is 2.66 bits per heavy atom. The highest BCUT2D eigenvalue weighted by Crippen LogP contribution is 2.31. The van der Waals surface area contributed by atoms with Crippen molar-refractivity contribution >= 4 is 40.6 Å². The summed E-state index contributed by atoms with van der Waals surface area (Å²) in [7, 11) is 0. The number of amides is 1. The first-order valence-corrected chi connectivity index (χ1v) is 13.1. The summed E-state index contributed by atoms with van der Waals surface area (Å²) in [5.74, 6) is 1.59. The van der Waals surface area contributed by atoms with E-state index in [1.165, 1.54) is 28.7 Å². The molecule has 0 aliphatic heterocycles. The molecule has 0 aliphatic rings. The van der Waals surface area contributed by atoms with Gasteiger partial charge in [0.1, 0.15) is 10.7 Å². The number of rotatable bonds is 9. The Bertz CT molecular complexity index is 1400. The van der Waals surface area contributed by atoms with Crippen molar-refractivity contribution in [2.24, 2.45) is 0 Å². The first-order chi connectivity index (χ1) is 17.2. The van der Waals surface area contributed by atoms with E-state index >= 15 is 0 Å². The highest BCUT2D eigenvalue weighted by molar-refractivity contribution is 7.98. The minimum Gasteiger partial charge on any atom is -0.461 e. The van der Waals surface area contributed by atoms with Crippen LogP contribution in [0.25, 0.3) is 17.3 Å². The van der Waals surface area contributed by atoms with Gasteiger partial charge in [-0.1, -0.05) is 53.7 Å². The number of thioether (sulfide) groups is 1. The predicted octanol–water partition coefficient (Wildman–Crippen LogP) is 5.90. The third kappa shape index (κ3) is 5.64. The fraction of sp³-hybridized carbons (Fsp3) is 0.120. The Labute approximate surface area is 215 Å². The maximum Gasteiger partial charge on any atom is 0.270 e. The standard InChI is InChI=1S/C25H20ClN5O2S2/c26-18-8-10-19(11-9-18)31-23(21-7-4-14-33-21)29-30-25(31)35-16-22-28-20(15-34-22)24(32)27-13-12-17-5-2-1-3-6-17/h1-11,14-15H,12-13,16H2,(H,27,32). The zero-order chi connectivity index (χ0) is 24.0. The number of halogens is 1. The molecule has 10 heteroatoms. The number of aromatic nitrogens is 4. The van der Waals surface area contributed by atoms with Crippen LogP contribution < -0.4 is 5.32 Å². The van der Waals surface area contributed by atoms with E-state index in [0.717, 1.165) is 17.1 Å². The van der Waals surface area contributed by atoms with Crippen LogP contribution in [0.5, 0.6) is 0 Å². The van der Waals surface area contributed by atoms with Gasteiger partial charge in [0.05, 0.1) is 12.0 Å². The number of nitrogens with one attached hydrogen (secondary N) is 1. The molecule has 1 amide bonds. The van der Waals surface area contributed by atoms with Crippen LogP contribution in [0.3, 0.4) is 0 Å². The molecule has 176 valence electrons. The fourth-order valence-corrected chi connectivity index (χ4v) is 5.29. The first kappa shape index (κ1) is 23.3. The summed E-state index contributed by atoms with van der Waals surface area (Å²) >= 11 is 9.02. The fourth-order valence-electron chi connectivity index (χ4n) is 3.42. The molecule has 0 atom stereocenters. The predicted molar refractivity (Wildman–Crippen MR) is 138 cm³/mol. The van der Waals surface area contributed by atoms with Crippen LogP contribution in [0.2, 0.25) is 5.02 Å². The van der Waals surface area contributed by atoms with Gasteiger partial charge in [-0.05, 0) is 48.4 Å². The Morgan fingerprint density at radius 2 is 1.89 bits per heavy atom. The van der Waals surface area contributed by atoms with E-state index in [1.807, 2.05) is 71.3 Å². The number of carbonyl (C=O) groups excluding carboxylic acids is 1. The zero-order valence-corrected chi connectivity index (χ0v) is 20.8. The lowest BCUT2D eigenvalue weighted by Crippen LogP contribution is -2.26. The second-order valence-electron chi connectivity index (χ2n) is 7.50. The molecule has 0 saturated heterocycles. The lowest BCUT2D eigenvalue weighted by atomic mass is 10.1. The molecule has 0 unspecified atom stereocenters. The van der Waals surface area contributed by atoms with Crippen LogP contribution in [0, 0.1) is 0 Å². The minimum absolute atomic E-state index is 0.169. The molecule has 2 aromatic carbocycles. The van der Waals surface area contributed by atoms with Gasteiger partial charge in [-0.15, -0.1) is 21.5 Å². The molecule has 0 radical (unpaired) electrons. The smallest absolute Gasteiger partial charge is 0.270 e. The van der Waals surface area contributed by atoms with Gasteiger partial charge in [0.2, 0.25) is 5.82 Å². The van der Waals surface area contributed by atoms with Gasteiger partial charge in [-0.2, -0.15) is 0 Å². The van der Waals surface area contributed by atoms with E-state index in [4.69, 9.17) is 16.0 Å². The van der Waals surface area contributed by atoms with Crippen molar-refractivity contribution in [2.75, 3.05) is 6.54 Å². The monoisotopic (exact) mass is 521 g/mol. The summed E-state index contributed by atoms with van der Waals surface area (Å²) < 4.78 is 7.48. The molecule has 0 saturated carbocycles. The summed E-state index contributed by atoms with van der Waals surface area (Å²) in [6.45, 7) is 0.560. The number of carbonyl (C=O) groups is 1. The van der Waals surface area contributed by atoms with Crippen LogP contribution in [0.4, 0.5) is 0 Å². The van der Waals surface area contributed by atoms with Crippen molar-refractivity contribution in [2.45, 2.75) is 17.3 Å². The van der Waals surface area contributed by atoms with Gasteiger partial charge in [0.25, 0.3) is 5.91 Å². The van der Waals surface area contributed by atoms with E-state index in [-0.39, 0.29) is 5.91 Å². The van der Waals surface area contributed by atoms with Crippen LogP contribution in [-0.2, 0) is 12.2 Å².